The van der Waals surface area contributed by atoms with Crippen LogP contribution in [0.15, 0.2) is 186 Å². The van der Waals surface area contributed by atoms with Crippen molar-refractivity contribution in [3.63, 3.8) is 0 Å². The average Bonchev–Trinajstić information content (AvgIpc) is 3.83. The van der Waals surface area contributed by atoms with Gasteiger partial charge in [-0.2, -0.15) is 0 Å². The molecule has 1 heteroatoms. The van der Waals surface area contributed by atoms with Crippen LogP contribution in [0, 0.1) is 0 Å². The molecule has 0 saturated heterocycles. The summed E-state index contributed by atoms with van der Waals surface area (Å²) in [5.41, 5.74) is -7.11. The molecule has 9 aromatic carbocycles. The molecule has 0 fully saturated rings. The molecule has 0 saturated carbocycles. The summed E-state index contributed by atoms with van der Waals surface area (Å²) in [6.07, 6.45) is -1.07. The summed E-state index contributed by atoms with van der Waals surface area (Å²) in [5.74, 6) is 0. The normalized spacial score (nSPS) is 20.1. The van der Waals surface area contributed by atoms with Crippen LogP contribution in [-0.4, -0.2) is 0 Å². The second-order valence-electron chi connectivity index (χ2n) is 10.9. The second-order valence-corrected chi connectivity index (χ2v) is 10.9. The van der Waals surface area contributed by atoms with Gasteiger partial charge in [-0.05, 0) is 89.9 Å². The van der Waals surface area contributed by atoms with Gasteiger partial charge < -0.3 is 4.42 Å². The molecule has 0 atom stereocenters. The fourth-order valence-corrected chi connectivity index (χ4v) is 6.12. The van der Waals surface area contributed by atoms with Gasteiger partial charge in [0.15, 0.2) is 0 Å². The third-order valence-corrected chi connectivity index (χ3v) is 8.20. The zero-order chi connectivity index (χ0) is 59.1. The summed E-state index contributed by atoms with van der Waals surface area (Å²) in [6, 6.07) is -28.1. The third-order valence-electron chi connectivity index (χ3n) is 8.20. The number of furan rings is 1. The minimum atomic E-state index is -1.07. The molecule has 0 bridgehead atoms. The summed E-state index contributed by atoms with van der Waals surface area (Å²) in [6.45, 7) is 0. The summed E-state index contributed by atoms with van der Waals surface area (Å²) < 4.78 is 276. The fraction of sp³-hybridized carbons (Fsp3) is 0.0204. The molecule has 50 heavy (non-hydrogen) atoms. The molecule has 0 spiro atoms. The topological polar surface area (TPSA) is 13.1 Å². The van der Waals surface area contributed by atoms with Gasteiger partial charge in [-0.15, -0.1) is 0 Å². The van der Waals surface area contributed by atoms with Gasteiger partial charge in [-0.1, -0.05) is 169 Å². The number of hydrogen-bond donors (Lipinski definition) is 0. The monoisotopic (exact) mass is 666 g/mol. The molecule has 1 nitrogen and oxygen atoms in total. The van der Waals surface area contributed by atoms with Crippen LogP contribution < -0.4 is 0 Å². The molecule has 10 aromatic rings. The maximum Gasteiger partial charge on any atom is 0.143 e. The Morgan fingerprint density at radius 1 is 0.420 bits per heavy atom. The molecule has 0 aliphatic carbocycles. The molecule has 0 N–H and O–H groups in total. The first-order valence-corrected chi connectivity index (χ1v) is 14.9. The van der Waals surface area contributed by atoms with Crippen LogP contribution in [0.25, 0.3) is 87.6 Å². The van der Waals surface area contributed by atoms with Gasteiger partial charge in [0, 0.05) is 16.2 Å². The van der Waals surface area contributed by atoms with E-state index in [0.29, 0.717) is 0 Å². The number of hydrogen-bond acceptors (Lipinski definition) is 1. The maximum atomic E-state index is 9.90. The van der Waals surface area contributed by atoms with Gasteiger partial charge in [0.1, 0.15) is 11.2 Å². The molecule has 10 rings (SSSR count). The van der Waals surface area contributed by atoms with Gasteiger partial charge >= 0.3 is 0 Å². The Morgan fingerprint density at radius 3 is 1.72 bits per heavy atom. The van der Waals surface area contributed by atoms with Crippen LogP contribution in [0.3, 0.4) is 0 Å². The molecule has 1 aromatic heterocycles. The predicted molar refractivity (Wildman–Crippen MR) is 212 cm³/mol. The van der Waals surface area contributed by atoms with Crippen molar-refractivity contribution < 1.29 is 45.5 Å². The molecule has 0 radical (unpaired) electrons. The van der Waals surface area contributed by atoms with E-state index in [0.717, 1.165) is 0 Å². The standard InChI is InChI=1S/C49H32O/c1-3-14-33(15-4-1)36-28-26-32(30-44(36)34-16-5-2-6-17-34)31-45-38-20-9-11-22-40(38)47(41-23-12-10-21-39(41)45)42-24-13-25-46-48(42)43-29-27-35-18-7-8-19-37(35)49(43)50-46/h1-30H,31H2/i1D,2D,3D,4D,5D,6D,7D,8D,9D,10D,11D,12D,13D,14D,15D,16D,17D,18D,19D,20D,21D,22D,23D,24D,25D,26D,27D,28D,29D,30D. The maximum absolute atomic E-state index is 9.90. The summed E-state index contributed by atoms with van der Waals surface area (Å²) in [4.78, 5) is 0. The van der Waals surface area contributed by atoms with Gasteiger partial charge in [0.05, 0.1) is 41.1 Å². The lowest BCUT2D eigenvalue weighted by Gasteiger charge is -2.19. The smallest absolute Gasteiger partial charge is 0.143 e. The van der Waals surface area contributed by atoms with Crippen molar-refractivity contribution in [3.8, 4) is 33.4 Å². The molecule has 1 heterocycles. The molecule has 234 valence electrons. The van der Waals surface area contributed by atoms with Crippen LogP contribution in [0.5, 0.6) is 0 Å². The Hall–Kier alpha value is -6.44. The van der Waals surface area contributed by atoms with E-state index in [2.05, 4.69) is 0 Å². The molecule has 0 amide bonds. The molecule has 0 unspecified atom stereocenters. The highest BCUT2D eigenvalue weighted by molar-refractivity contribution is 6.24. The van der Waals surface area contributed by atoms with E-state index in [9.17, 15) is 12.3 Å². The van der Waals surface area contributed by atoms with Crippen molar-refractivity contribution in [2.75, 3.05) is 0 Å². The van der Waals surface area contributed by atoms with Gasteiger partial charge in [-0.25, -0.2) is 0 Å². The average molecular weight is 667 g/mol. The van der Waals surface area contributed by atoms with E-state index in [4.69, 9.17) is 33.2 Å². The Balaban J connectivity index is 1.47. The van der Waals surface area contributed by atoms with E-state index >= 15 is 0 Å². The quantitative estimate of drug-likeness (QED) is 0.167. The van der Waals surface area contributed by atoms with E-state index in [1.807, 2.05) is 0 Å². The van der Waals surface area contributed by atoms with Crippen molar-refractivity contribution in [2.24, 2.45) is 0 Å². The number of fused-ring (bicyclic) bond motifs is 7. The Labute approximate surface area is 332 Å². The molecule has 0 aliphatic heterocycles. The van der Waals surface area contributed by atoms with Gasteiger partial charge in [0.25, 0.3) is 0 Å². The van der Waals surface area contributed by atoms with Crippen molar-refractivity contribution in [1.82, 2.24) is 0 Å². The first-order chi connectivity index (χ1) is 37.3. The fourth-order valence-electron chi connectivity index (χ4n) is 6.12. The van der Waals surface area contributed by atoms with Gasteiger partial charge in [0.2, 0.25) is 0 Å². The third kappa shape index (κ3) is 4.55. The Bertz CT molecular complexity index is 4480. The van der Waals surface area contributed by atoms with Crippen molar-refractivity contribution in [3.05, 3.63) is 192 Å². The van der Waals surface area contributed by atoms with Crippen molar-refractivity contribution >= 4 is 54.3 Å². The van der Waals surface area contributed by atoms with E-state index < -0.39 is 286 Å². The van der Waals surface area contributed by atoms with Crippen LogP contribution in [-0.2, 0) is 6.42 Å². The molecular formula is C49H32O. The highest BCUT2D eigenvalue weighted by Gasteiger charge is 2.21. The number of rotatable bonds is 5. The lowest BCUT2D eigenvalue weighted by molar-refractivity contribution is 0.673. The zero-order valence-electron chi connectivity index (χ0n) is 55.1. The highest BCUT2D eigenvalue weighted by Crippen LogP contribution is 2.46. The minimum Gasteiger partial charge on any atom is -0.455 e. The largest absolute Gasteiger partial charge is 0.455 e. The Morgan fingerprint density at radius 2 is 1.02 bits per heavy atom. The molecule has 0 aliphatic rings. The van der Waals surface area contributed by atoms with E-state index in [-0.39, 0.29) is 0 Å². The summed E-state index contributed by atoms with van der Waals surface area (Å²) >= 11 is 0. The van der Waals surface area contributed by atoms with Crippen LogP contribution in [0.2, 0.25) is 0 Å². The number of benzene rings is 9. The zero-order valence-corrected chi connectivity index (χ0v) is 25.1. The Kier molecular flexibility index (Phi) is 2.69. The highest BCUT2D eigenvalue weighted by atomic mass is 16.3. The SMILES string of the molecule is [2H]c1c([2H])c([2H])c(-c2c([2H])c([2H])c(Cc3c4c([2H])c([2H])c([2H])c([2H])c4c(-c4c([2H])c([2H])c([2H])c5oc6c7c([2H])c([2H])c([2H])c([2H])c7c([2H])c([2H])c6c45)c4c([2H])c([2H])c([2H])c([2H])c34)c([2H])c2-c2c([2H])c([2H])c([2H])c([2H])c2[2H])c([2H])c1[2H]. The van der Waals surface area contributed by atoms with Crippen molar-refractivity contribution in [2.45, 2.75) is 6.42 Å². The summed E-state index contributed by atoms with van der Waals surface area (Å²) in [5, 5.41) is -4.66. The van der Waals surface area contributed by atoms with Crippen molar-refractivity contribution in [1.29, 1.82) is 0 Å². The first kappa shape index (κ1) is 11.6. The lowest BCUT2D eigenvalue weighted by Crippen LogP contribution is -1.97. The summed E-state index contributed by atoms with van der Waals surface area (Å²) in [7, 11) is 0. The first-order valence-electron chi connectivity index (χ1n) is 29.9. The predicted octanol–water partition coefficient (Wildman–Crippen LogP) is 13.6. The minimum absolute atomic E-state index is 0.466. The lowest BCUT2D eigenvalue weighted by atomic mass is 9.84. The van der Waals surface area contributed by atoms with E-state index in [1.165, 1.54) is 0 Å². The molecular weight excluding hydrogens is 605 g/mol. The van der Waals surface area contributed by atoms with Crippen LogP contribution >= 0.6 is 0 Å². The van der Waals surface area contributed by atoms with Crippen LogP contribution in [0.1, 0.15) is 52.2 Å². The van der Waals surface area contributed by atoms with Crippen LogP contribution in [0.4, 0.5) is 0 Å². The van der Waals surface area contributed by atoms with E-state index in [1.54, 1.807) is 0 Å². The van der Waals surface area contributed by atoms with Gasteiger partial charge in [-0.3, -0.25) is 0 Å². The second kappa shape index (κ2) is 11.6.